The van der Waals surface area contributed by atoms with Gasteiger partial charge in [0.15, 0.2) is 0 Å². The summed E-state index contributed by atoms with van der Waals surface area (Å²) in [5, 5.41) is 6.56. The zero-order valence-electron chi connectivity index (χ0n) is 13.3. The second-order valence-corrected chi connectivity index (χ2v) is 6.04. The number of carbonyl (C=O) groups is 2. The first-order chi connectivity index (χ1) is 12.1. The topological polar surface area (TPSA) is 70.6 Å². The molecule has 2 aromatic carbocycles. The predicted octanol–water partition coefficient (Wildman–Crippen LogP) is 3.25. The Morgan fingerprint density at radius 2 is 1.84 bits per heavy atom. The van der Waals surface area contributed by atoms with Crippen molar-refractivity contribution < 1.29 is 14.0 Å². The molecule has 25 heavy (non-hydrogen) atoms. The molecule has 0 aliphatic heterocycles. The van der Waals surface area contributed by atoms with Gasteiger partial charge in [-0.3, -0.25) is 9.59 Å². The van der Waals surface area contributed by atoms with Crippen molar-refractivity contribution in [3.8, 4) is 0 Å². The van der Waals surface area contributed by atoms with Gasteiger partial charge in [-0.05, 0) is 52.2 Å². The second-order valence-electron chi connectivity index (χ2n) is 5.18. The first-order valence-electron chi connectivity index (χ1n) is 7.66. The molecular formula is C18H17BrFN3O2. The third kappa shape index (κ3) is 6.46. The number of nitrogens with zero attached hydrogens (tertiary/aromatic N) is 1. The van der Waals surface area contributed by atoms with Gasteiger partial charge in [0.25, 0.3) is 5.91 Å². The number of amides is 2. The van der Waals surface area contributed by atoms with Crippen LogP contribution in [0.2, 0.25) is 0 Å². The van der Waals surface area contributed by atoms with Crippen LogP contribution in [0, 0.1) is 5.82 Å². The Morgan fingerprint density at radius 3 is 2.56 bits per heavy atom. The lowest BCUT2D eigenvalue weighted by molar-refractivity contribution is -0.121. The lowest BCUT2D eigenvalue weighted by Crippen LogP contribution is -2.26. The van der Waals surface area contributed by atoms with E-state index >= 15 is 0 Å². The van der Waals surface area contributed by atoms with Crippen molar-refractivity contribution in [2.45, 2.75) is 12.8 Å². The van der Waals surface area contributed by atoms with E-state index in [1.165, 1.54) is 18.3 Å². The highest BCUT2D eigenvalue weighted by molar-refractivity contribution is 9.10. The molecular weight excluding hydrogens is 389 g/mol. The SMILES string of the molecule is O=C(CCCNC(=O)c1ccccc1Br)N/N=C/c1ccc(F)cc1. The first kappa shape index (κ1) is 18.8. The summed E-state index contributed by atoms with van der Waals surface area (Å²) in [4.78, 5) is 23.6. The van der Waals surface area contributed by atoms with E-state index < -0.39 is 0 Å². The Hall–Kier alpha value is -2.54. The number of carbonyl (C=O) groups excluding carboxylic acids is 2. The van der Waals surface area contributed by atoms with E-state index in [9.17, 15) is 14.0 Å². The van der Waals surface area contributed by atoms with Gasteiger partial charge in [0, 0.05) is 17.4 Å². The minimum atomic E-state index is -0.328. The molecule has 0 aliphatic carbocycles. The molecule has 2 aromatic rings. The van der Waals surface area contributed by atoms with E-state index in [4.69, 9.17) is 0 Å². The fourth-order valence-electron chi connectivity index (χ4n) is 1.97. The summed E-state index contributed by atoms with van der Waals surface area (Å²) in [6.07, 6.45) is 2.16. The standard InChI is InChI=1S/C18H17BrFN3O2/c19-16-5-2-1-4-15(16)18(25)21-11-3-6-17(24)23-22-12-13-7-9-14(20)10-8-13/h1-2,4-5,7-10,12H,3,6,11H2,(H,21,25)(H,23,24)/b22-12+. The summed E-state index contributed by atoms with van der Waals surface area (Å²) in [7, 11) is 0. The highest BCUT2D eigenvalue weighted by atomic mass is 79.9. The third-order valence-corrected chi connectivity index (χ3v) is 3.95. The number of benzene rings is 2. The Bertz CT molecular complexity index is 763. The van der Waals surface area contributed by atoms with Crippen LogP contribution in [0.5, 0.6) is 0 Å². The van der Waals surface area contributed by atoms with E-state index in [1.54, 1.807) is 30.3 Å². The summed E-state index contributed by atoms with van der Waals surface area (Å²) >= 11 is 3.32. The fraction of sp³-hybridized carbons (Fsp3) is 0.167. The maximum atomic E-state index is 12.8. The molecule has 0 fully saturated rings. The van der Waals surface area contributed by atoms with Crippen molar-refractivity contribution in [1.82, 2.24) is 10.7 Å². The molecule has 0 bridgehead atoms. The van der Waals surface area contributed by atoms with Gasteiger partial charge in [0.05, 0.1) is 11.8 Å². The quantitative estimate of drug-likeness (QED) is 0.421. The van der Waals surface area contributed by atoms with Gasteiger partial charge in [0.1, 0.15) is 5.82 Å². The monoisotopic (exact) mass is 405 g/mol. The summed E-state index contributed by atoms with van der Waals surface area (Å²) in [6.45, 7) is 0.384. The van der Waals surface area contributed by atoms with Crippen molar-refractivity contribution in [2.75, 3.05) is 6.54 Å². The molecule has 0 unspecified atom stereocenters. The fourth-order valence-corrected chi connectivity index (χ4v) is 2.44. The van der Waals surface area contributed by atoms with Crippen molar-refractivity contribution >= 4 is 34.0 Å². The minimum absolute atomic E-state index is 0.192. The Kier molecular flexibility index (Phi) is 7.28. The molecule has 2 amide bonds. The van der Waals surface area contributed by atoms with Gasteiger partial charge in [-0.1, -0.05) is 24.3 Å². The lowest BCUT2D eigenvalue weighted by Gasteiger charge is -2.06. The molecule has 5 nitrogen and oxygen atoms in total. The summed E-state index contributed by atoms with van der Waals surface area (Å²) in [6, 6.07) is 12.9. The largest absolute Gasteiger partial charge is 0.352 e. The van der Waals surface area contributed by atoms with Crippen molar-refractivity contribution in [1.29, 1.82) is 0 Å². The molecule has 2 rings (SSSR count). The van der Waals surface area contributed by atoms with Crippen molar-refractivity contribution in [3.63, 3.8) is 0 Å². The molecule has 2 N–H and O–H groups in total. The normalized spacial score (nSPS) is 10.6. The van der Waals surface area contributed by atoms with Crippen LogP contribution in [0.4, 0.5) is 4.39 Å². The predicted molar refractivity (Wildman–Crippen MR) is 97.8 cm³/mol. The van der Waals surface area contributed by atoms with Crippen LogP contribution < -0.4 is 10.7 Å². The van der Waals surface area contributed by atoms with Crippen LogP contribution in [-0.4, -0.2) is 24.6 Å². The maximum Gasteiger partial charge on any atom is 0.252 e. The van der Waals surface area contributed by atoms with E-state index in [0.29, 0.717) is 24.1 Å². The van der Waals surface area contributed by atoms with Crippen molar-refractivity contribution in [3.05, 3.63) is 69.9 Å². The van der Waals surface area contributed by atoms with Crippen LogP contribution in [-0.2, 0) is 4.79 Å². The van der Waals surface area contributed by atoms with Crippen molar-refractivity contribution in [2.24, 2.45) is 5.10 Å². The number of nitrogens with one attached hydrogen (secondary N) is 2. The second kappa shape index (κ2) is 9.68. The number of hydrogen-bond acceptors (Lipinski definition) is 3. The average Bonchev–Trinajstić information content (AvgIpc) is 2.60. The van der Waals surface area contributed by atoms with Crippen LogP contribution in [0.15, 0.2) is 58.1 Å². The summed E-state index contributed by atoms with van der Waals surface area (Å²) in [5.41, 5.74) is 3.63. The van der Waals surface area contributed by atoms with Gasteiger partial charge in [0.2, 0.25) is 5.91 Å². The molecule has 0 spiro atoms. The average molecular weight is 406 g/mol. The van der Waals surface area contributed by atoms with Gasteiger partial charge >= 0.3 is 0 Å². The zero-order valence-corrected chi connectivity index (χ0v) is 14.9. The Morgan fingerprint density at radius 1 is 1.12 bits per heavy atom. The molecule has 7 heteroatoms. The summed E-state index contributed by atoms with van der Waals surface area (Å²) < 4.78 is 13.5. The Labute approximate surface area is 153 Å². The number of rotatable bonds is 7. The molecule has 130 valence electrons. The Balaban J connectivity index is 1.66. The molecule has 0 aromatic heterocycles. The minimum Gasteiger partial charge on any atom is -0.352 e. The van der Waals surface area contributed by atoms with Gasteiger partial charge in [-0.2, -0.15) is 5.10 Å². The number of halogens is 2. The maximum absolute atomic E-state index is 12.8. The third-order valence-electron chi connectivity index (χ3n) is 3.26. The van der Waals surface area contributed by atoms with Crippen LogP contribution in [0.3, 0.4) is 0 Å². The van der Waals surface area contributed by atoms with Gasteiger partial charge in [-0.25, -0.2) is 9.82 Å². The molecule has 0 saturated heterocycles. The van der Waals surface area contributed by atoms with E-state index in [2.05, 4.69) is 31.8 Å². The van der Waals surface area contributed by atoms with Gasteiger partial charge in [-0.15, -0.1) is 0 Å². The highest BCUT2D eigenvalue weighted by Gasteiger charge is 2.08. The van der Waals surface area contributed by atoms with E-state index in [-0.39, 0.29) is 24.1 Å². The van der Waals surface area contributed by atoms with E-state index in [1.807, 2.05) is 6.07 Å². The smallest absolute Gasteiger partial charge is 0.252 e. The first-order valence-corrected chi connectivity index (χ1v) is 8.46. The van der Waals surface area contributed by atoms with Crippen LogP contribution >= 0.6 is 15.9 Å². The van der Waals surface area contributed by atoms with E-state index in [0.717, 1.165) is 4.47 Å². The van der Waals surface area contributed by atoms with Gasteiger partial charge < -0.3 is 5.32 Å². The number of hydrogen-bond donors (Lipinski definition) is 2. The summed E-state index contributed by atoms with van der Waals surface area (Å²) in [5.74, 6) is -0.776. The molecule has 0 saturated carbocycles. The van der Waals surface area contributed by atoms with Crippen LogP contribution in [0.25, 0.3) is 0 Å². The highest BCUT2D eigenvalue weighted by Crippen LogP contribution is 2.15. The molecule has 0 aliphatic rings. The lowest BCUT2D eigenvalue weighted by atomic mass is 10.2. The molecule has 0 heterocycles. The molecule has 0 atom stereocenters. The van der Waals surface area contributed by atoms with Crippen LogP contribution in [0.1, 0.15) is 28.8 Å². The molecule has 0 radical (unpaired) electrons. The number of hydrazone groups is 1. The zero-order chi connectivity index (χ0) is 18.1.